The van der Waals surface area contributed by atoms with Crippen LogP contribution in [0.15, 0.2) is 0 Å². The number of hydrogen-bond donors (Lipinski definition) is 4. The number of nitrogens with two attached hydrogens (primary N) is 1. The number of carbonyl (C=O) groups is 2. The summed E-state index contributed by atoms with van der Waals surface area (Å²) in [6.07, 6.45) is 1.71. The van der Waals surface area contributed by atoms with Gasteiger partial charge in [0.25, 0.3) is 0 Å². The van der Waals surface area contributed by atoms with Gasteiger partial charge in [0.2, 0.25) is 11.8 Å². The lowest BCUT2D eigenvalue weighted by atomic mass is 10.4. The third-order valence-electron chi connectivity index (χ3n) is 1.77. The number of nitrogens with one attached hydrogen (secondary N) is 2. The summed E-state index contributed by atoms with van der Waals surface area (Å²) < 4.78 is 0. The highest BCUT2D eigenvalue weighted by Crippen LogP contribution is 1.76. The summed E-state index contributed by atoms with van der Waals surface area (Å²) in [5, 5.41) is 13.6. The maximum Gasteiger partial charge on any atom is 0.219 e. The van der Waals surface area contributed by atoms with Gasteiger partial charge in [0.1, 0.15) is 0 Å². The highest BCUT2D eigenvalue weighted by molar-refractivity contribution is 5.75. The van der Waals surface area contributed by atoms with Crippen molar-refractivity contribution >= 4 is 11.8 Å². The fourth-order valence-corrected chi connectivity index (χ4v) is 0.768. The van der Waals surface area contributed by atoms with E-state index in [1.54, 1.807) is 6.92 Å². The third kappa shape index (κ3) is 17.5. The van der Waals surface area contributed by atoms with Crippen molar-refractivity contribution in [2.24, 2.45) is 5.73 Å². The smallest absolute Gasteiger partial charge is 0.219 e. The fourth-order valence-electron chi connectivity index (χ4n) is 0.768. The topological polar surface area (TPSA) is 104 Å². The van der Waals surface area contributed by atoms with Crippen molar-refractivity contribution in [3.05, 3.63) is 0 Å². The van der Waals surface area contributed by atoms with Crippen LogP contribution in [-0.2, 0) is 9.59 Å². The van der Waals surface area contributed by atoms with Gasteiger partial charge in [-0.15, -0.1) is 0 Å². The molecular weight excluding hydrogens is 222 g/mol. The number of aliphatic hydroxyl groups excluding tert-OH is 1. The number of amides is 2. The van der Waals surface area contributed by atoms with Crippen molar-refractivity contribution in [2.45, 2.75) is 33.1 Å². The third-order valence-corrected chi connectivity index (χ3v) is 1.77. The molecule has 0 saturated heterocycles. The Kier molecular flexibility index (Phi) is 15.9. The molecule has 0 aromatic carbocycles. The Morgan fingerprint density at radius 1 is 1.06 bits per heavy atom. The van der Waals surface area contributed by atoms with Crippen LogP contribution < -0.4 is 16.4 Å². The Hall–Kier alpha value is -1.14. The molecule has 5 N–H and O–H groups in total. The Balaban J connectivity index is 0. The zero-order valence-corrected chi connectivity index (χ0v) is 10.8. The first-order valence-corrected chi connectivity index (χ1v) is 5.96. The first kappa shape index (κ1) is 18.2. The Morgan fingerprint density at radius 3 is 1.88 bits per heavy atom. The van der Waals surface area contributed by atoms with Crippen molar-refractivity contribution in [3.63, 3.8) is 0 Å². The second kappa shape index (κ2) is 14.9. The molecule has 0 saturated carbocycles. The van der Waals surface area contributed by atoms with Crippen LogP contribution in [0, 0.1) is 0 Å². The van der Waals surface area contributed by atoms with Gasteiger partial charge < -0.3 is 21.5 Å². The van der Waals surface area contributed by atoms with Crippen molar-refractivity contribution in [1.29, 1.82) is 0 Å². The van der Waals surface area contributed by atoms with Gasteiger partial charge in [0.15, 0.2) is 0 Å². The quantitative estimate of drug-likeness (QED) is 0.449. The van der Waals surface area contributed by atoms with Gasteiger partial charge in [-0.3, -0.25) is 9.59 Å². The highest BCUT2D eigenvalue weighted by atomic mass is 16.3. The van der Waals surface area contributed by atoms with Gasteiger partial charge in [-0.05, 0) is 6.42 Å². The van der Waals surface area contributed by atoms with E-state index in [2.05, 4.69) is 10.6 Å². The first-order chi connectivity index (χ1) is 8.12. The first-order valence-electron chi connectivity index (χ1n) is 5.96. The lowest BCUT2D eigenvalue weighted by Crippen LogP contribution is -2.28. The van der Waals surface area contributed by atoms with E-state index >= 15 is 0 Å². The normalized spacial score (nSPS) is 8.94. The molecule has 0 heterocycles. The molecule has 102 valence electrons. The SMILES string of the molecule is CCC(=O)NCCCO.CCC(=O)NCCN. The van der Waals surface area contributed by atoms with Crippen molar-refractivity contribution in [1.82, 2.24) is 10.6 Å². The zero-order valence-electron chi connectivity index (χ0n) is 10.8. The fraction of sp³-hybridized carbons (Fsp3) is 0.818. The summed E-state index contributed by atoms with van der Waals surface area (Å²) in [4.78, 5) is 20.9. The van der Waals surface area contributed by atoms with Gasteiger partial charge in [-0.2, -0.15) is 0 Å². The summed E-state index contributed by atoms with van der Waals surface area (Å²) in [6, 6.07) is 0. The van der Waals surface area contributed by atoms with Crippen LogP contribution in [0.5, 0.6) is 0 Å². The molecule has 0 bridgehead atoms. The minimum Gasteiger partial charge on any atom is -0.396 e. The predicted molar refractivity (Wildman–Crippen MR) is 67.4 cm³/mol. The monoisotopic (exact) mass is 247 g/mol. The Morgan fingerprint density at radius 2 is 1.53 bits per heavy atom. The van der Waals surface area contributed by atoms with Gasteiger partial charge >= 0.3 is 0 Å². The molecule has 0 aliphatic carbocycles. The van der Waals surface area contributed by atoms with E-state index in [9.17, 15) is 9.59 Å². The van der Waals surface area contributed by atoms with Crippen LogP contribution in [0.25, 0.3) is 0 Å². The van der Waals surface area contributed by atoms with Crippen LogP contribution >= 0.6 is 0 Å². The molecule has 0 aliphatic rings. The van der Waals surface area contributed by atoms with Crippen LogP contribution in [-0.4, -0.2) is 43.2 Å². The minimum atomic E-state index is 0.0449. The lowest BCUT2D eigenvalue weighted by molar-refractivity contribution is -0.121. The minimum absolute atomic E-state index is 0.0449. The van der Waals surface area contributed by atoms with Gasteiger partial charge in [0, 0.05) is 39.1 Å². The summed E-state index contributed by atoms with van der Waals surface area (Å²) >= 11 is 0. The molecule has 0 radical (unpaired) electrons. The van der Waals surface area contributed by atoms with Gasteiger partial charge in [-0.25, -0.2) is 0 Å². The molecule has 0 rings (SSSR count). The van der Waals surface area contributed by atoms with E-state index in [0.717, 1.165) is 0 Å². The maximum absolute atomic E-state index is 10.5. The van der Waals surface area contributed by atoms with Crippen molar-refractivity contribution in [2.75, 3.05) is 26.2 Å². The van der Waals surface area contributed by atoms with Gasteiger partial charge in [-0.1, -0.05) is 13.8 Å². The molecule has 0 aliphatic heterocycles. The van der Waals surface area contributed by atoms with E-state index in [-0.39, 0.29) is 18.4 Å². The number of carbonyl (C=O) groups excluding carboxylic acids is 2. The van der Waals surface area contributed by atoms with Crippen LogP contribution in [0.2, 0.25) is 0 Å². The highest BCUT2D eigenvalue weighted by Gasteiger charge is 1.92. The van der Waals surface area contributed by atoms with E-state index in [0.29, 0.717) is 38.9 Å². The number of aliphatic hydroxyl groups is 1. The molecule has 0 aromatic rings. The average Bonchev–Trinajstić information content (AvgIpc) is 2.36. The van der Waals surface area contributed by atoms with Crippen LogP contribution in [0.1, 0.15) is 33.1 Å². The average molecular weight is 247 g/mol. The molecule has 17 heavy (non-hydrogen) atoms. The molecule has 6 nitrogen and oxygen atoms in total. The number of hydrogen-bond acceptors (Lipinski definition) is 4. The second-order valence-electron chi connectivity index (χ2n) is 3.27. The second-order valence-corrected chi connectivity index (χ2v) is 3.27. The largest absolute Gasteiger partial charge is 0.396 e. The lowest BCUT2D eigenvalue weighted by Gasteiger charge is -1.98. The number of rotatable bonds is 7. The molecule has 0 atom stereocenters. The van der Waals surface area contributed by atoms with Crippen molar-refractivity contribution < 1.29 is 14.7 Å². The molecule has 0 fully saturated rings. The molecule has 6 heteroatoms. The van der Waals surface area contributed by atoms with Crippen LogP contribution in [0.3, 0.4) is 0 Å². The van der Waals surface area contributed by atoms with Gasteiger partial charge in [0.05, 0.1) is 0 Å². The molecule has 0 unspecified atom stereocenters. The summed E-state index contributed by atoms with van der Waals surface area (Å²) in [6.45, 7) is 5.45. The van der Waals surface area contributed by atoms with E-state index in [1.165, 1.54) is 0 Å². The van der Waals surface area contributed by atoms with Crippen LogP contribution in [0.4, 0.5) is 0 Å². The zero-order chi connectivity index (χ0) is 13.5. The van der Waals surface area contributed by atoms with E-state index in [4.69, 9.17) is 10.8 Å². The Bertz CT molecular complexity index is 198. The standard InChI is InChI=1S/C6H13NO2.C5H12N2O/c1-2-6(9)7-4-3-5-8;1-2-5(8)7-4-3-6/h8H,2-5H2,1H3,(H,7,9);2-4,6H2,1H3,(H,7,8). The summed E-state index contributed by atoms with van der Waals surface area (Å²) in [7, 11) is 0. The molecular formula is C11H25N3O3. The molecule has 0 aromatic heterocycles. The molecule has 0 spiro atoms. The predicted octanol–water partition coefficient (Wildman–Crippen LogP) is -0.634. The maximum atomic E-state index is 10.5. The summed E-state index contributed by atoms with van der Waals surface area (Å²) in [5.74, 6) is 0.110. The van der Waals surface area contributed by atoms with E-state index in [1.807, 2.05) is 6.92 Å². The molecule has 2 amide bonds. The van der Waals surface area contributed by atoms with Crippen molar-refractivity contribution in [3.8, 4) is 0 Å². The Labute approximate surface area is 103 Å². The van der Waals surface area contributed by atoms with E-state index < -0.39 is 0 Å². The summed E-state index contributed by atoms with van der Waals surface area (Å²) in [5.41, 5.74) is 5.12.